The molecule has 12 heteroatoms. The average molecular weight is 1090 g/mol. The van der Waals surface area contributed by atoms with E-state index < -0.39 is 57.8 Å². The van der Waals surface area contributed by atoms with E-state index in [1.807, 2.05) is 12.2 Å². The lowest BCUT2D eigenvalue weighted by atomic mass is 10.0. The monoisotopic (exact) mass is 1090 g/mol. The van der Waals surface area contributed by atoms with E-state index >= 15 is 0 Å². The number of aliphatic hydroxyl groups is 1. The van der Waals surface area contributed by atoms with Gasteiger partial charge in [-0.05, 0) is 70.6 Å². The summed E-state index contributed by atoms with van der Waals surface area (Å²) in [6.45, 7) is 4.49. The van der Waals surface area contributed by atoms with Crippen molar-refractivity contribution in [2.24, 2.45) is 0 Å². The molecule has 0 aliphatic rings. The van der Waals surface area contributed by atoms with E-state index in [-0.39, 0.29) is 25.9 Å². The van der Waals surface area contributed by atoms with Gasteiger partial charge < -0.3 is 24.2 Å². The van der Waals surface area contributed by atoms with E-state index in [4.69, 9.17) is 23.3 Å². The number of phosphoric ester groups is 1. The van der Waals surface area contributed by atoms with Crippen molar-refractivity contribution in [2.75, 3.05) is 26.4 Å². The molecule has 0 spiro atoms. The minimum absolute atomic E-state index is 0.0568. The lowest BCUT2D eigenvalue weighted by Gasteiger charge is -2.21. The SMILES string of the molecule is CC/C=C\C/C=C\C/C=C\C/C=C\CCC(=O)OC(CO)COP(=O)(O)OCC(COC(=O)CCCCCCCCCCC/C=C\CCCCCCCC)OC(=O)CCCCCCCCCCCCCCCCCCC. The lowest BCUT2D eigenvalue weighted by molar-refractivity contribution is -0.161. The maximum atomic E-state index is 12.9. The third-order valence-electron chi connectivity index (χ3n) is 13.4. The first kappa shape index (κ1) is 73.2. The van der Waals surface area contributed by atoms with Crippen LogP contribution in [0.1, 0.15) is 290 Å². The number of rotatable bonds is 58. The molecule has 3 atom stereocenters. The zero-order valence-corrected chi connectivity index (χ0v) is 49.9. The van der Waals surface area contributed by atoms with Gasteiger partial charge in [-0.1, -0.05) is 261 Å². The van der Waals surface area contributed by atoms with Gasteiger partial charge in [-0.25, -0.2) is 4.57 Å². The summed E-state index contributed by atoms with van der Waals surface area (Å²) < 4.78 is 39.5. The third kappa shape index (κ3) is 55.9. The number of phosphoric acid groups is 1. The summed E-state index contributed by atoms with van der Waals surface area (Å²) in [5.74, 6) is -1.54. The smallest absolute Gasteiger partial charge is 0.462 e. The summed E-state index contributed by atoms with van der Waals surface area (Å²) in [6, 6.07) is 0. The number of ether oxygens (including phenoxy) is 3. The van der Waals surface area contributed by atoms with Gasteiger partial charge in [-0.3, -0.25) is 23.4 Å². The average Bonchev–Trinajstić information content (AvgIpc) is 3.41. The van der Waals surface area contributed by atoms with Crippen LogP contribution in [0, 0.1) is 0 Å². The van der Waals surface area contributed by atoms with E-state index in [1.54, 1.807) is 0 Å². The fourth-order valence-corrected chi connectivity index (χ4v) is 9.50. The molecule has 0 aliphatic carbocycles. The number of aliphatic hydroxyl groups excluding tert-OH is 1. The highest BCUT2D eigenvalue weighted by Crippen LogP contribution is 2.43. The number of hydrogen-bond donors (Lipinski definition) is 2. The fraction of sp³-hybridized carbons (Fsp3) is 0.797. The van der Waals surface area contributed by atoms with Crippen molar-refractivity contribution in [3.63, 3.8) is 0 Å². The van der Waals surface area contributed by atoms with Crippen LogP contribution in [0.2, 0.25) is 0 Å². The topological polar surface area (TPSA) is 155 Å². The zero-order chi connectivity index (χ0) is 55.5. The Morgan fingerprint density at radius 1 is 0.382 bits per heavy atom. The first-order valence-corrected chi connectivity index (χ1v) is 32.7. The van der Waals surface area contributed by atoms with Crippen molar-refractivity contribution >= 4 is 25.7 Å². The maximum Gasteiger partial charge on any atom is 0.472 e. The molecule has 0 radical (unpaired) electrons. The normalized spacial score (nSPS) is 13.7. The number of allylic oxidation sites excluding steroid dienone is 10. The van der Waals surface area contributed by atoms with Crippen LogP contribution in [0.5, 0.6) is 0 Å². The highest BCUT2D eigenvalue weighted by Gasteiger charge is 2.28. The van der Waals surface area contributed by atoms with Gasteiger partial charge in [0.2, 0.25) is 0 Å². The Morgan fingerprint density at radius 3 is 1.13 bits per heavy atom. The molecule has 0 heterocycles. The molecule has 0 amide bonds. The highest BCUT2D eigenvalue weighted by molar-refractivity contribution is 7.47. The molecule has 0 saturated carbocycles. The first-order chi connectivity index (χ1) is 37.2. The standard InChI is InChI=1S/C64H115O11P/c1-4-7-10-13-16-19-22-25-27-29-30-32-33-36-38-41-44-47-50-53-62(66)71-57-61(75-64(68)55-52-49-46-43-40-37-34-31-28-26-23-20-17-14-11-8-5-2)59-73-76(69,70)72-58-60(56-65)74-63(67)54-51-48-45-42-39-35-24-21-18-15-12-9-6-3/h9,12,18,21,25,27,35,39,45,48,60-61,65H,4-8,10-11,13-17,19-20,22-24,26,28-34,36-38,40-44,46-47,49-59H2,1-3H3,(H,69,70)/b12-9-,21-18-,27-25-,39-35-,48-45-. The van der Waals surface area contributed by atoms with E-state index in [2.05, 4.69) is 69.4 Å². The molecule has 2 N–H and O–H groups in total. The third-order valence-corrected chi connectivity index (χ3v) is 14.4. The quantitative estimate of drug-likeness (QED) is 0.0197. The van der Waals surface area contributed by atoms with Crippen LogP contribution in [0.15, 0.2) is 60.8 Å². The van der Waals surface area contributed by atoms with Crippen molar-refractivity contribution in [3.05, 3.63) is 60.8 Å². The number of unbranched alkanes of at least 4 members (excludes halogenated alkanes) is 31. The van der Waals surface area contributed by atoms with Crippen molar-refractivity contribution in [1.82, 2.24) is 0 Å². The molecular formula is C64H115O11P. The van der Waals surface area contributed by atoms with Crippen LogP contribution >= 0.6 is 7.82 Å². The summed E-state index contributed by atoms with van der Waals surface area (Å²) >= 11 is 0. The van der Waals surface area contributed by atoms with E-state index in [0.29, 0.717) is 19.3 Å². The molecule has 0 aromatic heterocycles. The predicted octanol–water partition coefficient (Wildman–Crippen LogP) is 18.7. The van der Waals surface area contributed by atoms with Crippen molar-refractivity contribution in [1.29, 1.82) is 0 Å². The van der Waals surface area contributed by atoms with Crippen molar-refractivity contribution < 1.29 is 52.2 Å². The zero-order valence-electron chi connectivity index (χ0n) is 49.0. The second-order valence-corrected chi connectivity index (χ2v) is 22.3. The van der Waals surface area contributed by atoms with Gasteiger partial charge in [-0.2, -0.15) is 0 Å². The van der Waals surface area contributed by atoms with Gasteiger partial charge in [0.15, 0.2) is 6.10 Å². The van der Waals surface area contributed by atoms with Crippen LogP contribution in [-0.2, 0) is 42.2 Å². The van der Waals surface area contributed by atoms with Crippen molar-refractivity contribution in [3.8, 4) is 0 Å². The number of carbonyl (C=O) groups excluding carboxylic acids is 3. The summed E-state index contributed by atoms with van der Waals surface area (Å²) in [5.41, 5.74) is 0. The molecule has 0 rings (SSSR count). The Hall–Kier alpha value is -2.82. The minimum atomic E-state index is -4.77. The summed E-state index contributed by atoms with van der Waals surface area (Å²) in [7, 11) is -4.77. The lowest BCUT2D eigenvalue weighted by Crippen LogP contribution is -2.30. The number of carbonyl (C=O) groups is 3. The van der Waals surface area contributed by atoms with Gasteiger partial charge >= 0.3 is 25.7 Å². The first-order valence-electron chi connectivity index (χ1n) is 31.2. The summed E-state index contributed by atoms with van der Waals surface area (Å²) in [5, 5.41) is 9.81. The Bertz CT molecular complexity index is 1510. The van der Waals surface area contributed by atoms with Crippen LogP contribution in [0.25, 0.3) is 0 Å². The van der Waals surface area contributed by atoms with Gasteiger partial charge in [-0.15, -0.1) is 0 Å². The largest absolute Gasteiger partial charge is 0.472 e. The van der Waals surface area contributed by atoms with Gasteiger partial charge in [0, 0.05) is 19.3 Å². The Morgan fingerprint density at radius 2 is 0.711 bits per heavy atom. The second kappa shape index (κ2) is 58.3. The summed E-state index contributed by atoms with van der Waals surface area (Å²) in [4.78, 5) is 48.6. The Balaban J connectivity index is 4.73. The Kier molecular flexibility index (Phi) is 56.2. The molecule has 0 aliphatic heterocycles. The van der Waals surface area contributed by atoms with E-state index in [0.717, 1.165) is 64.2 Å². The fourth-order valence-electron chi connectivity index (χ4n) is 8.72. The molecule has 3 unspecified atom stereocenters. The maximum absolute atomic E-state index is 12.9. The van der Waals surface area contributed by atoms with Crippen LogP contribution in [-0.4, -0.2) is 66.5 Å². The molecule has 0 aromatic carbocycles. The molecule has 0 saturated heterocycles. The second-order valence-electron chi connectivity index (χ2n) is 20.8. The molecule has 0 bridgehead atoms. The minimum Gasteiger partial charge on any atom is -0.462 e. The van der Waals surface area contributed by atoms with Gasteiger partial charge in [0.25, 0.3) is 0 Å². The van der Waals surface area contributed by atoms with Gasteiger partial charge in [0.1, 0.15) is 12.7 Å². The molecular weight excluding hydrogens is 976 g/mol. The van der Waals surface area contributed by atoms with E-state index in [1.165, 1.54) is 167 Å². The van der Waals surface area contributed by atoms with Crippen molar-refractivity contribution in [2.45, 2.75) is 303 Å². The molecule has 0 fully saturated rings. The molecule has 0 aromatic rings. The van der Waals surface area contributed by atoms with E-state index in [9.17, 15) is 28.9 Å². The van der Waals surface area contributed by atoms with Crippen LogP contribution in [0.3, 0.4) is 0 Å². The van der Waals surface area contributed by atoms with Crippen LogP contribution in [0.4, 0.5) is 0 Å². The molecule has 76 heavy (non-hydrogen) atoms. The molecule has 442 valence electrons. The van der Waals surface area contributed by atoms with Gasteiger partial charge in [0.05, 0.1) is 19.8 Å². The molecule has 11 nitrogen and oxygen atoms in total. The summed E-state index contributed by atoms with van der Waals surface area (Å²) in [6.07, 6.45) is 64.8. The number of hydrogen-bond acceptors (Lipinski definition) is 10. The number of esters is 3. The predicted molar refractivity (Wildman–Crippen MR) is 316 cm³/mol. The van der Waals surface area contributed by atoms with Crippen LogP contribution < -0.4 is 0 Å². The highest BCUT2D eigenvalue weighted by atomic mass is 31.2. The Labute approximate surface area is 465 Å².